The number of aliphatic hydroxyl groups is 1. The molecule has 4 rings (SSSR count). The van der Waals surface area contributed by atoms with Gasteiger partial charge in [0.25, 0.3) is 0 Å². The normalized spacial score (nSPS) is 22.8. The number of carboxylic acid groups (broad SMARTS) is 1. The van der Waals surface area contributed by atoms with E-state index >= 15 is 0 Å². The van der Waals surface area contributed by atoms with Gasteiger partial charge in [-0.05, 0) is 49.3 Å². The van der Waals surface area contributed by atoms with Crippen molar-refractivity contribution in [2.24, 2.45) is 5.41 Å². The van der Waals surface area contributed by atoms with Crippen LogP contribution in [0.3, 0.4) is 0 Å². The van der Waals surface area contributed by atoms with Crippen LogP contribution in [0.1, 0.15) is 51.4 Å². The summed E-state index contributed by atoms with van der Waals surface area (Å²) in [5.41, 5.74) is 1.07. The Bertz CT molecular complexity index is 986. The van der Waals surface area contributed by atoms with E-state index in [4.69, 9.17) is 0 Å². The number of aliphatic carboxylic acids is 1. The maximum atomic E-state index is 13.0. The Labute approximate surface area is 188 Å². The third-order valence-corrected chi connectivity index (χ3v) is 7.04. The van der Waals surface area contributed by atoms with E-state index < -0.39 is 17.0 Å². The number of carbonyl (C=O) groups excluding carboxylic acids is 1. The molecule has 1 aliphatic carbocycles. The van der Waals surface area contributed by atoms with Crippen LogP contribution in [-0.2, 0) is 9.59 Å². The standard InChI is InChI=1S/C24H32N4O4/c1-27(20(29)14-23(15-21(30)31)8-2-3-9-23)16-24(32)10-5-13-28(17-24)19-7-12-25-18-6-4-11-26-22(18)19/h4,6-7,11-12,32H,2-3,5,8-10,13-17H2,1H3,(H,30,31)/t24-/m0/s1. The van der Waals surface area contributed by atoms with E-state index in [1.165, 1.54) is 0 Å². The van der Waals surface area contributed by atoms with E-state index in [1.54, 1.807) is 24.3 Å². The van der Waals surface area contributed by atoms with Gasteiger partial charge in [0.2, 0.25) is 5.91 Å². The van der Waals surface area contributed by atoms with E-state index in [0.717, 1.165) is 55.4 Å². The van der Waals surface area contributed by atoms with Gasteiger partial charge in [0, 0.05) is 39.0 Å². The molecule has 3 heterocycles. The van der Waals surface area contributed by atoms with Gasteiger partial charge in [0.05, 0.1) is 29.8 Å². The second-order valence-electron chi connectivity index (χ2n) is 9.65. The number of likely N-dealkylation sites (N-methyl/N-ethyl adjacent to an activating group) is 1. The van der Waals surface area contributed by atoms with Crippen molar-refractivity contribution in [2.75, 3.05) is 31.6 Å². The number of rotatable bonds is 7. The van der Waals surface area contributed by atoms with E-state index in [2.05, 4.69) is 14.9 Å². The zero-order valence-corrected chi connectivity index (χ0v) is 18.7. The van der Waals surface area contributed by atoms with Crippen molar-refractivity contribution in [3.63, 3.8) is 0 Å². The fourth-order valence-electron chi connectivity index (χ4n) is 5.51. The summed E-state index contributed by atoms with van der Waals surface area (Å²) in [7, 11) is 1.71. The van der Waals surface area contributed by atoms with Gasteiger partial charge < -0.3 is 20.0 Å². The highest BCUT2D eigenvalue weighted by atomic mass is 16.4. The Morgan fingerprint density at radius 1 is 1.09 bits per heavy atom. The lowest BCUT2D eigenvalue weighted by atomic mass is 9.79. The summed E-state index contributed by atoms with van der Waals surface area (Å²) in [6.07, 6.45) is 8.67. The highest BCUT2D eigenvalue weighted by molar-refractivity contribution is 5.87. The Hall–Kier alpha value is -2.74. The van der Waals surface area contributed by atoms with Gasteiger partial charge in [-0.1, -0.05) is 12.8 Å². The number of anilines is 1. The number of fused-ring (bicyclic) bond motifs is 1. The van der Waals surface area contributed by atoms with Crippen LogP contribution in [0.4, 0.5) is 5.69 Å². The molecule has 172 valence electrons. The first-order valence-corrected chi connectivity index (χ1v) is 11.4. The molecule has 32 heavy (non-hydrogen) atoms. The van der Waals surface area contributed by atoms with Gasteiger partial charge in [-0.3, -0.25) is 19.6 Å². The maximum absolute atomic E-state index is 13.0. The Kier molecular flexibility index (Phi) is 6.33. The summed E-state index contributed by atoms with van der Waals surface area (Å²) in [4.78, 5) is 37.0. The number of hydrogen-bond donors (Lipinski definition) is 2. The van der Waals surface area contributed by atoms with Crippen molar-refractivity contribution in [1.29, 1.82) is 0 Å². The molecule has 2 aliphatic rings. The third kappa shape index (κ3) is 4.85. The lowest BCUT2D eigenvalue weighted by Crippen LogP contribution is -2.55. The third-order valence-electron chi connectivity index (χ3n) is 7.04. The van der Waals surface area contributed by atoms with E-state index in [9.17, 15) is 19.8 Å². The lowest BCUT2D eigenvalue weighted by Gasteiger charge is -2.42. The maximum Gasteiger partial charge on any atom is 0.303 e. The molecular weight excluding hydrogens is 408 g/mol. The number of nitrogens with zero attached hydrogens (tertiary/aromatic N) is 4. The number of carbonyl (C=O) groups is 2. The van der Waals surface area contributed by atoms with Gasteiger partial charge in [0.1, 0.15) is 5.52 Å². The van der Waals surface area contributed by atoms with Gasteiger partial charge >= 0.3 is 5.97 Å². The Morgan fingerprint density at radius 3 is 2.62 bits per heavy atom. The molecule has 1 saturated heterocycles. The fourth-order valence-corrected chi connectivity index (χ4v) is 5.51. The van der Waals surface area contributed by atoms with Crippen LogP contribution in [0.5, 0.6) is 0 Å². The van der Waals surface area contributed by atoms with Crippen LogP contribution in [0.15, 0.2) is 30.6 Å². The molecule has 8 nitrogen and oxygen atoms in total. The van der Waals surface area contributed by atoms with Crippen molar-refractivity contribution in [3.8, 4) is 0 Å². The summed E-state index contributed by atoms with van der Waals surface area (Å²) in [5, 5.41) is 20.7. The molecule has 0 spiro atoms. The van der Waals surface area contributed by atoms with Gasteiger partial charge in [-0.15, -0.1) is 0 Å². The highest BCUT2D eigenvalue weighted by Crippen LogP contribution is 2.44. The van der Waals surface area contributed by atoms with Crippen LogP contribution < -0.4 is 4.90 Å². The van der Waals surface area contributed by atoms with E-state index in [-0.39, 0.29) is 25.3 Å². The first-order valence-electron chi connectivity index (χ1n) is 11.4. The molecule has 8 heteroatoms. The number of β-amino-alcohol motifs (C(OH)–C–C–N with tert-alkyl or cyclic N) is 1. The predicted molar refractivity (Wildman–Crippen MR) is 121 cm³/mol. The first kappa shape index (κ1) is 22.5. The lowest BCUT2D eigenvalue weighted by molar-refractivity contribution is -0.142. The fraction of sp³-hybridized carbons (Fsp3) is 0.583. The molecule has 0 bridgehead atoms. The molecule has 2 N–H and O–H groups in total. The molecule has 2 fully saturated rings. The second kappa shape index (κ2) is 9.02. The van der Waals surface area contributed by atoms with Crippen molar-refractivity contribution in [3.05, 3.63) is 30.6 Å². The average Bonchev–Trinajstić information content (AvgIpc) is 3.20. The van der Waals surface area contributed by atoms with Crippen molar-refractivity contribution in [1.82, 2.24) is 14.9 Å². The number of hydrogen-bond acceptors (Lipinski definition) is 6. The van der Waals surface area contributed by atoms with Crippen LogP contribution in [0.25, 0.3) is 11.0 Å². The van der Waals surface area contributed by atoms with Gasteiger partial charge in [-0.2, -0.15) is 0 Å². The van der Waals surface area contributed by atoms with Crippen LogP contribution in [0.2, 0.25) is 0 Å². The Balaban J connectivity index is 1.45. The molecule has 0 radical (unpaired) electrons. The molecule has 2 aromatic heterocycles. The zero-order valence-electron chi connectivity index (χ0n) is 18.7. The molecule has 2 aromatic rings. The minimum Gasteiger partial charge on any atom is -0.481 e. The average molecular weight is 441 g/mol. The first-order chi connectivity index (χ1) is 15.3. The summed E-state index contributed by atoms with van der Waals surface area (Å²) in [6.45, 7) is 1.43. The van der Waals surface area contributed by atoms with Crippen LogP contribution >= 0.6 is 0 Å². The molecule has 1 atom stereocenters. The van der Waals surface area contributed by atoms with E-state index in [0.29, 0.717) is 13.0 Å². The van der Waals surface area contributed by atoms with E-state index in [1.807, 2.05) is 18.2 Å². The number of pyridine rings is 2. The van der Waals surface area contributed by atoms with Crippen LogP contribution in [-0.4, -0.2) is 69.2 Å². The highest BCUT2D eigenvalue weighted by Gasteiger charge is 2.41. The van der Waals surface area contributed by atoms with Crippen LogP contribution in [0, 0.1) is 5.41 Å². The molecule has 0 unspecified atom stereocenters. The van der Waals surface area contributed by atoms with Gasteiger partial charge in [0.15, 0.2) is 0 Å². The zero-order chi connectivity index (χ0) is 22.8. The second-order valence-corrected chi connectivity index (χ2v) is 9.65. The molecular formula is C24H32N4O4. The summed E-state index contributed by atoms with van der Waals surface area (Å²) in [6, 6.07) is 5.70. The smallest absolute Gasteiger partial charge is 0.303 e. The minimum atomic E-state index is -1.04. The number of aromatic nitrogens is 2. The Morgan fingerprint density at radius 2 is 1.88 bits per heavy atom. The minimum absolute atomic E-state index is 0.0345. The summed E-state index contributed by atoms with van der Waals surface area (Å²) in [5.74, 6) is -0.934. The topological polar surface area (TPSA) is 107 Å². The number of piperidine rings is 1. The molecule has 1 aliphatic heterocycles. The number of carboxylic acids is 1. The van der Waals surface area contributed by atoms with Crippen molar-refractivity contribution >= 4 is 28.6 Å². The monoisotopic (exact) mass is 440 g/mol. The SMILES string of the molecule is CN(C[C@@]1(O)CCCN(c2ccnc3cccnc23)C1)C(=O)CC1(CC(=O)O)CCCC1. The molecule has 1 amide bonds. The largest absolute Gasteiger partial charge is 0.481 e. The summed E-state index contributed by atoms with van der Waals surface area (Å²) < 4.78 is 0. The number of amides is 1. The van der Waals surface area contributed by atoms with Crippen molar-refractivity contribution < 1.29 is 19.8 Å². The van der Waals surface area contributed by atoms with Gasteiger partial charge in [-0.25, -0.2) is 0 Å². The molecule has 1 saturated carbocycles. The predicted octanol–water partition coefficient (Wildman–Crippen LogP) is 2.84. The van der Waals surface area contributed by atoms with Crippen molar-refractivity contribution in [2.45, 2.75) is 57.0 Å². The molecule has 0 aromatic carbocycles. The quantitative estimate of drug-likeness (QED) is 0.682. The summed E-state index contributed by atoms with van der Waals surface area (Å²) >= 11 is 0.